The number of ether oxygens (including phenoxy) is 1. The predicted molar refractivity (Wildman–Crippen MR) is 101 cm³/mol. The van der Waals surface area contributed by atoms with Crippen LogP contribution in [0.2, 0.25) is 0 Å². The largest absolute Gasteiger partial charge is 0.491 e. The minimum atomic E-state index is 0.515. The number of aryl methyl sites for hydroxylation is 1. The lowest BCUT2D eigenvalue weighted by atomic mass is 10.1. The Bertz CT molecular complexity index is 510. The second kappa shape index (κ2) is 10.2. The minimum absolute atomic E-state index is 0.515. The van der Waals surface area contributed by atoms with E-state index in [0.29, 0.717) is 12.6 Å². The summed E-state index contributed by atoms with van der Waals surface area (Å²) >= 11 is 0. The highest BCUT2D eigenvalue weighted by atomic mass is 16.5. The van der Waals surface area contributed by atoms with Crippen molar-refractivity contribution < 1.29 is 4.74 Å². The zero-order chi connectivity index (χ0) is 17.2. The highest BCUT2D eigenvalue weighted by molar-refractivity contribution is 5.79. The Morgan fingerprint density at radius 3 is 2.71 bits per heavy atom. The first-order valence-electron chi connectivity index (χ1n) is 9.11. The van der Waals surface area contributed by atoms with Gasteiger partial charge in [0, 0.05) is 26.2 Å². The molecule has 0 amide bonds. The van der Waals surface area contributed by atoms with E-state index in [2.05, 4.69) is 40.4 Å². The van der Waals surface area contributed by atoms with Crippen molar-refractivity contribution in [3.05, 3.63) is 29.8 Å². The van der Waals surface area contributed by atoms with Crippen LogP contribution >= 0.6 is 0 Å². The molecule has 1 saturated heterocycles. The van der Waals surface area contributed by atoms with Crippen molar-refractivity contribution in [1.82, 2.24) is 15.5 Å². The third-order valence-corrected chi connectivity index (χ3v) is 4.44. The minimum Gasteiger partial charge on any atom is -0.491 e. The number of para-hydroxylation sites is 1. The predicted octanol–water partition coefficient (Wildman–Crippen LogP) is 2.41. The lowest BCUT2D eigenvalue weighted by Gasteiger charge is -2.32. The Morgan fingerprint density at radius 2 is 2.04 bits per heavy atom. The average Bonchev–Trinajstić information content (AvgIpc) is 2.61. The van der Waals surface area contributed by atoms with E-state index in [9.17, 15) is 0 Å². The summed E-state index contributed by atoms with van der Waals surface area (Å²) in [7, 11) is 1.82. The van der Waals surface area contributed by atoms with Crippen LogP contribution in [0.4, 0.5) is 0 Å². The summed E-state index contributed by atoms with van der Waals surface area (Å²) in [5.41, 5.74) is 1.17. The monoisotopic (exact) mass is 332 g/mol. The fourth-order valence-corrected chi connectivity index (χ4v) is 3.05. The molecule has 0 aliphatic carbocycles. The molecule has 0 aromatic heterocycles. The van der Waals surface area contributed by atoms with Gasteiger partial charge in [0.05, 0.1) is 6.54 Å². The maximum absolute atomic E-state index is 5.81. The molecule has 1 aliphatic heterocycles. The van der Waals surface area contributed by atoms with Crippen LogP contribution in [-0.2, 0) is 0 Å². The highest BCUT2D eigenvalue weighted by Gasteiger charge is 2.19. The number of aliphatic imine (C=N–C) groups is 1. The molecule has 134 valence electrons. The van der Waals surface area contributed by atoms with Gasteiger partial charge in [-0.05, 0) is 44.4 Å². The molecule has 0 spiro atoms. The number of hydrogen-bond donors (Lipinski definition) is 2. The van der Waals surface area contributed by atoms with Crippen LogP contribution in [0.5, 0.6) is 5.75 Å². The van der Waals surface area contributed by atoms with Crippen molar-refractivity contribution in [2.45, 2.75) is 39.2 Å². The maximum atomic E-state index is 5.81. The van der Waals surface area contributed by atoms with Crippen LogP contribution in [0.3, 0.4) is 0 Å². The smallest absolute Gasteiger partial charge is 0.191 e. The third-order valence-electron chi connectivity index (χ3n) is 4.44. The average molecular weight is 332 g/mol. The standard InChI is InChI=1S/C19H32N4O/c1-4-12-23-13-9-17(10-14-23)22-19(20-3)21-11-15-24-18-8-6-5-7-16(18)2/h5-8,17H,4,9-15H2,1-3H3,(H2,20,21,22). The summed E-state index contributed by atoms with van der Waals surface area (Å²) in [6, 6.07) is 8.61. The molecule has 0 atom stereocenters. The number of guanidine groups is 1. The first-order chi connectivity index (χ1) is 11.7. The quantitative estimate of drug-likeness (QED) is 0.457. The van der Waals surface area contributed by atoms with Gasteiger partial charge in [0.2, 0.25) is 0 Å². The van der Waals surface area contributed by atoms with Gasteiger partial charge in [-0.3, -0.25) is 4.99 Å². The highest BCUT2D eigenvalue weighted by Crippen LogP contribution is 2.15. The summed E-state index contributed by atoms with van der Waals surface area (Å²) in [5.74, 6) is 1.82. The summed E-state index contributed by atoms with van der Waals surface area (Å²) in [6.45, 7) is 9.25. The molecule has 0 bridgehead atoms. The van der Waals surface area contributed by atoms with Crippen molar-refractivity contribution in [3.63, 3.8) is 0 Å². The van der Waals surface area contributed by atoms with Crippen molar-refractivity contribution in [1.29, 1.82) is 0 Å². The molecule has 1 heterocycles. The van der Waals surface area contributed by atoms with E-state index < -0.39 is 0 Å². The van der Waals surface area contributed by atoms with Crippen molar-refractivity contribution >= 4 is 5.96 Å². The Balaban J connectivity index is 1.65. The number of piperidine rings is 1. The number of likely N-dealkylation sites (tertiary alicyclic amines) is 1. The molecular formula is C19H32N4O. The van der Waals surface area contributed by atoms with Crippen LogP contribution < -0.4 is 15.4 Å². The van der Waals surface area contributed by atoms with E-state index >= 15 is 0 Å². The Hall–Kier alpha value is -1.75. The van der Waals surface area contributed by atoms with Crippen molar-refractivity contribution in [2.24, 2.45) is 4.99 Å². The van der Waals surface area contributed by atoms with Crippen LogP contribution in [0.25, 0.3) is 0 Å². The van der Waals surface area contributed by atoms with E-state index in [4.69, 9.17) is 4.74 Å². The first kappa shape index (κ1) is 18.6. The molecule has 0 unspecified atom stereocenters. The van der Waals surface area contributed by atoms with Gasteiger partial charge in [-0.2, -0.15) is 0 Å². The van der Waals surface area contributed by atoms with Gasteiger partial charge in [-0.15, -0.1) is 0 Å². The van der Waals surface area contributed by atoms with E-state index in [-0.39, 0.29) is 0 Å². The molecule has 24 heavy (non-hydrogen) atoms. The van der Waals surface area contributed by atoms with E-state index in [1.807, 2.05) is 25.2 Å². The normalized spacial score (nSPS) is 16.9. The SMILES string of the molecule is CCCN1CCC(NC(=NC)NCCOc2ccccc2C)CC1. The second-order valence-electron chi connectivity index (χ2n) is 6.37. The molecule has 5 nitrogen and oxygen atoms in total. The molecule has 2 N–H and O–H groups in total. The number of nitrogens with one attached hydrogen (secondary N) is 2. The number of hydrogen-bond acceptors (Lipinski definition) is 3. The molecule has 0 saturated carbocycles. The second-order valence-corrected chi connectivity index (χ2v) is 6.37. The zero-order valence-corrected chi connectivity index (χ0v) is 15.3. The van der Waals surface area contributed by atoms with Crippen LogP contribution in [0.1, 0.15) is 31.7 Å². The molecule has 1 aromatic rings. The topological polar surface area (TPSA) is 48.9 Å². The zero-order valence-electron chi connectivity index (χ0n) is 15.3. The maximum Gasteiger partial charge on any atom is 0.191 e. The molecule has 5 heteroatoms. The molecule has 1 aromatic carbocycles. The summed E-state index contributed by atoms with van der Waals surface area (Å²) in [4.78, 5) is 6.87. The van der Waals surface area contributed by atoms with E-state index in [1.54, 1.807) is 0 Å². The molecule has 2 rings (SSSR count). The Kier molecular flexibility index (Phi) is 7.89. The first-order valence-corrected chi connectivity index (χ1v) is 9.11. The van der Waals surface area contributed by atoms with E-state index in [1.165, 1.54) is 44.5 Å². The Labute approximate surface area is 146 Å². The van der Waals surface area contributed by atoms with Gasteiger partial charge < -0.3 is 20.3 Å². The number of rotatable bonds is 7. The Morgan fingerprint density at radius 1 is 1.29 bits per heavy atom. The molecular weight excluding hydrogens is 300 g/mol. The van der Waals surface area contributed by atoms with Gasteiger partial charge in [0.25, 0.3) is 0 Å². The summed E-state index contributed by atoms with van der Waals surface area (Å²) in [6.07, 6.45) is 3.60. The number of benzene rings is 1. The van der Waals surface area contributed by atoms with E-state index in [0.717, 1.165) is 18.3 Å². The summed E-state index contributed by atoms with van der Waals surface area (Å²) < 4.78 is 5.81. The van der Waals surface area contributed by atoms with Gasteiger partial charge >= 0.3 is 0 Å². The van der Waals surface area contributed by atoms with Crippen LogP contribution in [0.15, 0.2) is 29.3 Å². The van der Waals surface area contributed by atoms with Gasteiger partial charge in [0.1, 0.15) is 12.4 Å². The molecule has 0 radical (unpaired) electrons. The molecule has 1 aliphatic rings. The lowest BCUT2D eigenvalue weighted by molar-refractivity contribution is 0.206. The van der Waals surface area contributed by atoms with Crippen LogP contribution in [0, 0.1) is 6.92 Å². The summed E-state index contributed by atoms with van der Waals surface area (Å²) in [5, 5.41) is 6.88. The van der Waals surface area contributed by atoms with Crippen LogP contribution in [-0.4, -0.2) is 56.7 Å². The number of nitrogens with zero attached hydrogens (tertiary/aromatic N) is 2. The fourth-order valence-electron chi connectivity index (χ4n) is 3.05. The lowest BCUT2D eigenvalue weighted by Crippen LogP contribution is -2.49. The van der Waals surface area contributed by atoms with Gasteiger partial charge in [0.15, 0.2) is 5.96 Å². The van der Waals surface area contributed by atoms with Gasteiger partial charge in [-0.25, -0.2) is 0 Å². The third kappa shape index (κ3) is 6.04. The van der Waals surface area contributed by atoms with Crippen molar-refractivity contribution in [3.8, 4) is 5.75 Å². The van der Waals surface area contributed by atoms with Gasteiger partial charge in [-0.1, -0.05) is 25.1 Å². The molecule has 1 fully saturated rings. The van der Waals surface area contributed by atoms with Crippen molar-refractivity contribution in [2.75, 3.05) is 39.8 Å². The fraction of sp³-hybridized carbons (Fsp3) is 0.632.